The molecule has 0 unspecified atom stereocenters. The number of carbonyl (C=O) groups is 2. The minimum absolute atomic E-state index is 0.233. The first-order valence-electron chi connectivity index (χ1n) is 9.38. The molecule has 0 saturated carbocycles. The van der Waals surface area contributed by atoms with Crippen LogP contribution in [0.5, 0.6) is 11.5 Å². The van der Waals surface area contributed by atoms with E-state index in [1.165, 1.54) is 7.11 Å². The number of hydrogen-bond donors (Lipinski definition) is 0. The predicted molar refractivity (Wildman–Crippen MR) is 112 cm³/mol. The molecule has 0 N–H and O–H groups in total. The van der Waals surface area contributed by atoms with Crippen molar-refractivity contribution in [3.63, 3.8) is 0 Å². The fraction of sp³-hybridized carbons (Fsp3) is 0.120. The smallest absolute Gasteiger partial charge is 0.198 e. The summed E-state index contributed by atoms with van der Waals surface area (Å²) in [5.41, 5.74) is 3.03. The van der Waals surface area contributed by atoms with Crippen LogP contribution in [0.4, 0.5) is 0 Å². The highest BCUT2D eigenvalue weighted by Crippen LogP contribution is 2.39. The number of fused-ring (bicyclic) bond motifs is 2. The molecule has 0 aromatic heterocycles. The maximum Gasteiger partial charge on any atom is 0.198 e. The molecule has 0 fully saturated rings. The minimum atomic E-state index is -0.233. The van der Waals surface area contributed by atoms with Gasteiger partial charge in [0.25, 0.3) is 0 Å². The first kappa shape index (κ1) is 18.7. The lowest BCUT2D eigenvalue weighted by Gasteiger charge is -2.23. The highest BCUT2D eigenvalue weighted by Gasteiger charge is 2.35. The fourth-order valence-electron chi connectivity index (χ4n) is 3.60. The molecule has 0 spiro atoms. The fourth-order valence-corrected chi connectivity index (χ4v) is 3.60. The lowest BCUT2D eigenvalue weighted by atomic mass is 9.82. The van der Waals surface area contributed by atoms with Crippen LogP contribution in [-0.4, -0.2) is 18.7 Å². The SMILES string of the molecule is C/C=C/c1ccc2c(c1OCc1ccccc1)C(=O)c1cccc(OC)c1C2=O. The molecule has 0 saturated heterocycles. The topological polar surface area (TPSA) is 52.6 Å². The summed E-state index contributed by atoms with van der Waals surface area (Å²) in [7, 11) is 1.49. The van der Waals surface area contributed by atoms with Crippen molar-refractivity contribution in [2.75, 3.05) is 7.11 Å². The second-order valence-electron chi connectivity index (χ2n) is 6.72. The van der Waals surface area contributed by atoms with Gasteiger partial charge in [0.1, 0.15) is 18.1 Å². The molecule has 1 aliphatic carbocycles. The summed E-state index contributed by atoms with van der Waals surface area (Å²) in [6.45, 7) is 2.20. The molecule has 0 radical (unpaired) electrons. The van der Waals surface area contributed by atoms with Crippen LogP contribution in [0, 0.1) is 0 Å². The van der Waals surface area contributed by atoms with Gasteiger partial charge in [0.15, 0.2) is 11.6 Å². The number of ether oxygens (including phenoxy) is 2. The average molecular weight is 384 g/mol. The molecule has 4 rings (SSSR count). The molecule has 4 heteroatoms. The number of allylic oxidation sites excluding steroid dienone is 1. The Hall–Kier alpha value is -3.66. The summed E-state index contributed by atoms with van der Waals surface area (Å²) in [6.07, 6.45) is 3.75. The van der Waals surface area contributed by atoms with Gasteiger partial charge in [0.05, 0.1) is 18.2 Å². The molecular formula is C25H20O4. The van der Waals surface area contributed by atoms with Crippen molar-refractivity contribution in [2.24, 2.45) is 0 Å². The first-order chi connectivity index (χ1) is 14.2. The van der Waals surface area contributed by atoms with E-state index < -0.39 is 0 Å². The monoisotopic (exact) mass is 384 g/mol. The minimum Gasteiger partial charge on any atom is -0.496 e. The molecule has 0 atom stereocenters. The summed E-state index contributed by atoms with van der Waals surface area (Å²) in [4.78, 5) is 26.6. The van der Waals surface area contributed by atoms with Gasteiger partial charge >= 0.3 is 0 Å². The summed E-state index contributed by atoms with van der Waals surface area (Å²) in [6, 6.07) is 18.3. The van der Waals surface area contributed by atoms with Crippen molar-refractivity contribution in [3.05, 3.63) is 100 Å². The van der Waals surface area contributed by atoms with Gasteiger partial charge in [0, 0.05) is 16.7 Å². The van der Waals surface area contributed by atoms with Crippen molar-refractivity contribution >= 4 is 17.6 Å². The number of ketones is 2. The third-order valence-electron chi connectivity index (χ3n) is 4.95. The lowest BCUT2D eigenvalue weighted by Crippen LogP contribution is -2.23. The summed E-state index contributed by atoms with van der Waals surface area (Å²) >= 11 is 0. The molecule has 3 aromatic rings. The van der Waals surface area contributed by atoms with Gasteiger partial charge in [0.2, 0.25) is 0 Å². The van der Waals surface area contributed by atoms with Crippen LogP contribution in [-0.2, 0) is 6.61 Å². The molecule has 144 valence electrons. The van der Waals surface area contributed by atoms with Crippen LogP contribution in [0.3, 0.4) is 0 Å². The second-order valence-corrected chi connectivity index (χ2v) is 6.72. The lowest BCUT2D eigenvalue weighted by molar-refractivity contribution is 0.0972. The Kier molecular flexibility index (Phi) is 5.00. The van der Waals surface area contributed by atoms with Crippen LogP contribution in [0.25, 0.3) is 6.08 Å². The molecule has 0 amide bonds. The Labute approximate surface area is 169 Å². The molecule has 0 heterocycles. The van der Waals surface area contributed by atoms with Crippen LogP contribution in [0.1, 0.15) is 49.9 Å². The van der Waals surface area contributed by atoms with E-state index in [1.807, 2.05) is 55.5 Å². The maximum atomic E-state index is 13.4. The maximum absolute atomic E-state index is 13.4. The third-order valence-corrected chi connectivity index (χ3v) is 4.95. The number of methoxy groups -OCH3 is 1. The van der Waals surface area contributed by atoms with Gasteiger partial charge in [-0.3, -0.25) is 9.59 Å². The van der Waals surface area contributed by atoms with E-state index >= 15 is 0 Å². The van der Waals surface area contributed by atoms with Gasteiger partial charge in [-0.05, 0) is 24.6 Å². The molecule has 4 nitrogen and oxygen atoms in total. The van der Waals surface area contributed by atoms with Gasteiger partial charge in [-0.1, -0.05) is 60.7 Å². The van der Waals surface area contributed by atoms with E-state index in [1.54, 1.807) is 24.3 Å². The van der Waals surface area contributed by atoms with Crippen LogP contribution in [0.2, 0.25) is 0 Å². The van der Waals surface area contributed by atoms with Crippen molar-refractivity contribution < 1.29 is 19.1 Å². The number of benzene rings is 3. The molecule has 29 heavy (non-hydrogen) atoms. The third kappa shape index (κ3) is 3.23. The zero-order valence-corrected chi connectivity index (χ0v) is 16.3. The summed E-state index contributed by atoms with van der Waals surface area (Å²) in [5.74, 6) is 0.360. The normalized spacial score (nSPS) is 12.6. The Morgan fingerprint density at radius 2 is 1.55 bits per heavy atom. The zero-order valence-electron chi connectivity index (χ0n) is 16.3. The second kappa shape index (κ2) is 7.76. The first-order valence-corrected chi connectivity index (χ1v) is 9.38. The highest BCUT2D eigenvalue weighted by atomic mass is 16.5. The van der Waals surface area contributed by atoms with Crippen molar-refractivity contribution in [3.8, 4) is 11.5 Å². The van der Waals surface area contributed by atoms with E-state index in [0.717, 1.165) is 11.1 Å². The molecule has 1 aliphatic rings. The van der Waals surface area contributed by atoms with Crippen molar-refractivity contribution in [2.45, 2.75) is 13.5 Å². The number of carbonyl (C=O) groups excluding carboxylic acids is 2. The van der Waals surface area contributed by atoms with Gasteiger partial charge < -0.3 is 9.47 Å². The van der Waals surface area contributed by atoms with Gasteiger partial charge in [-0.2, -0.15) is 0 Å². The van der Waals surface area contributed by atoms with E-state index in [2.05, 4.69) is 0 Å². The van der Waals surface area contributed by atoms with Crippen molar-refractivity contribution in [1.82, 2.24) is 0 Å². The molecule has 3 aromatic carbocycles. The Bertz CT molecular complexity index is 1130. The van der Waals surface area contributed by atoms with E-state index in [9.17, 15) is 9.59 Å². The van der Waals surface area contributed by atoms with E-state index in [-0.39, 0.29) is 11.6 Å². The standard InChI is InChI=1S/C25H20O4/c1-3-8-17-13-14-19-22(25(17)29-15-16-9-5-4-6-10-16)24(27)18-11-7-12-20(28-2)21(18)23(19)26/h3-14H,15H2,1-2H3/b8-3+. The van der Waals surface area contributed by atoms with Crippen LogP contribution < -0.4 is 9.47 Å². The Morgan fingerprint density at radius 1 is 0.828 bits per heavy atom. The largest absolute Gasteiger partial charge is 0.496 e. The quantitative estimate of drug-likeness (QED) is 0.481. The number of rotatable bonds is 5. The predicted octanol–water partition coefficient (Wildman–Crippen LogP) is 5.08. The number of hydrogen-bond acceptors (Lipinski definition) is 4. The van der Waals surface area contributed by atoms with Crippen molar-refractivity contribution in [1.29, 1.82) is 0 Å². The Morgan fingerprint density at radius 3 is 2.28 bits per heavy atom. The molecule has 0 aliphatic heterocycles. The van der Waals surface area contributed by atoms with E-state index in [4.69, 9.17) is 9.47 Å². The van der Waals surface area contributed by atoms with Crippen LogP contribution in [0.15, 0.2) is 66.7 Å². The van der Waals surface area contributed by atoms with Crippen LogP contribution >= 0.6 is 0 Å². The summed E-state index contributed by atoms with van der Waals surface area (Å²) in [5, 5.41) is 0. The van der Waals surface area contributed by atoms with Gasteiger partial charge in [-0.15, -0.1) is 0 Å². The zero-order chi connectivity index (χ0) is 20.4. The molecule has 0 bridgehead atoms. The molecular weight excluding hydrogens is 364 g/mol. The average Bonchev–Trinajstić information content (AvgIpc) is 2.76. The summed E-state index contributed by atoms with van der Waals surface area (Å²) < 4.78 is 11.4. The van der Waals surface area contributed by atoms with E-state index in [0.29, 0.717) is 40.4 Å². The van der Waals surface area contributed by atoms with Gasteiger partial charge in [-0.25, -0.2) is 0 Å². The highest BCUT2D eigenvalue weighted by molar-refractivity contribution is 6.30. The Balaban J connectivity index is 1.86.